The van der Waals surface area contributed by atoms with E-state index in [1.54, 1.807) is 68.4 Å². The number of benzene rings is 2. The lowest BCUT2D eigenvalue weighted by Crippen LogP contribution is -2.41. The number of ether oxygens (including phenoxy) is 3. The zero-order valence-electron chi connectivity index (χ0n) is 22.3. The van der Waals surface area contributed by atoms with Crippen molar-refractivity contribution in [1.29, 1.82) is 5.26 Å². The van der Waals surface area contributed by atoms with E-state index in [0.29, 0.717) is 22.5 Å². The quantitative estimate of drug-likeness (QED) is 0.335. The first-order valence-electron chi connectivity index (χ1n) is 12.3. The molecule has 4 rings (SSSR count). The van der Waals surface area contributed by atoms with Gasteiger partial charge in [-0.05, 0) is 31.5 Å². The lowest BCUT2D eigenvalue weighted by Gasteiger charge is -2.36. The molecule has 0 aliphatic carbocycles. The second-order valence-corrected chi connectivity index (χ2v) is 8.63. The van der Waals surface area contributed by atoms with E-state index in [1.165, 1.54) is 19.1 Å². The fourth-order valence-corrected chi connectivity index (χ4v) is 4.62. The van der Waals surface area contributed by atoms with E-state index in [0.717, 1.165) is 0 Å². The number of nitrogens with one attached hydrogen (secondary N) is 1. The van der Waals surface area contributed by atoms with Gasteiger partial charge in [0.1, 0.15) is 17.3 Å². The summed E-state index contributed by atoms with van der Waals surface area (Å²) in [7, 11) is 2.36. The number of carbonyl (C=O) groups excluding carboxylic acids is 3. The van der Waals surface area contributed by atoms with E-state index in [2.05, 4.69) is 16.0 Å². The molecule has 0 amide bonds. The maximum Gasteiger partial charge on any atom is 0.358 e. The molecule has 1 aliphatic heterocycles. The maximum atomic E-state index is 13.4. The van der Waals surface area contributed by atoms with E-state index in [-0.39, 0.29) is 40.8 Å². The van der Waals surface area contributed by atoms with Gasteiger partial charge >= 0.3 is 17.9 Å². The van der Waals surface area contributed by atoms with E-state index < -0.39 is 23.8 Å². The van der Waals surface area contributed by atoms with Crippen LogP contribution in [0.25, 0.3) is 11.4 Å². The SMILES string of the molecule is CCOC(=O)c1nc(-c2ccccc2N2C(N)=C(C#N)C(c3ccccc3)C(C(=O)OC)=C2C(=O)OC)[nH]c1C. The number of esters is 3. The fourth-order valence-electron chi connectivity index (χ4n) is 4.62. The minimum absolute atomic E-state index is 0.0249. The molecule has 1 unspecified atom stereocenters. The topological polar surface area (TPSA) is 161 Å². The summed E-state index contributed by atoms with van der Waals surface area (Å²) in [6.45, 7) is 3.54. The lowest BCUT2D eigenvalue weighted by molar-refractivity contribution is -0.139. The van der Waals surface area contributed by atoms with Crippen LogP contribution in [-0.2, 0) is 23.8 Å². The van der Waals surface area contributed by atoms with E-state index in [9.17, 15) is 19.6 Å². The van der Waals surface area contributed by atoms with Gasteiger partial charge in [-0.2, -0.15) is 5.26 Å². The Morgan fingerprint density at radius 3 is 2.30 bits per heavy atom. The summed E-state index contributed by atoms with van der Waals surface area (Å²) in [6, 6.07) is 17.6. The molecule has 0 radical (unpaired) electrons. The highest BCUT2D eigenvalue weighted by Gasteiger charge is 2.43. The average molecular weight is 542 g/mol. The summed E-state index contributed by atoms with van der Waals surface area (Å²) in [5, 5.41) is 10.3. The lowest BCUT2D eigenvalue weighted by atomic mass is 9.80. The Kier molecular flexibility index (Phi) is 8.00. The minimum Gasteiger partial charge on any atom is -0.466 e. The van der Waals surface area contributed by atoms with Crippen LogP contribution in [-0.4, -0.2) is 48.7 Å². The molecule has 0 spiro atoms. The van der Waals surface area contributed by atoms with Gasteiger partial charge in [0.25, 0.3) is 0 Å². The summed E-state index contributed by atoms with van der Waals surface area (Å²) in [5.74, 6) is -3.13. The summed E-state index contributed by atoms with van der Waals surface area (Å²) in [5.41, 5.74) is 8.14. The Hall–Kier alpha value is -5.37. The Morgan fingerprint density at radius 2 is 1.68 bits per heavy atom. The second-order valence-electron chi connectivity index (χ2n) is 8.63. The molecule has 11 nitrogen and oxygen atoms in total. The predicted octanol–water partition coefficient (Wildman–Crippen LogP) is 3.46. The first-order chi connectivity index (χ1) is 19.3. The zero-order valence-corrected chi connectivity index (χ0v) is 22.3. The van der Waals surface area contributed by atoms with Gasteiger partial charge in [0, 0.05) is 11.3 Å². The molecule has 0 bridgehead atoms. The number of anilines is 1. The first-order valence-corrected chi connectivity index (χ1v) is 12.3. The van der Waals surface area contributed by atoms with Crippen molar-refractivity contribution in [2.75, 3.05) is 25.7 Å². The summed E-state index contributed by atoms with van der Waals surface area (Å²) < 4.78 is 15.3. The number of rotatable bonds is 7. The van der Waals surface area contributed by atoms with Crippen molar-refractivity contribution < 1.29 is 28.6 Å². The summed E-state index contributed by atoms with van der Waals surface area (Å²) in [4.78, 5) is 47.9. The Bertz CT molecular complexity index is 1580. The molecular weight excluding hydrogens is 514 g/mol. The van der Waals surface area contributed by atoms with Gasteiger partial charge in [-0.3, -0.25) is 4.90 Å². The zero-order chi connectivity index (χ0) is 29.0. The fraction of sp³-hybridized carbons (Fsp3) is 0.207. The van der Waals surface area contributed by atoms with Crippen LogP contribution < -0.4 is 10.6 Å². The number of para-hydroxylation sites is 1. The molecule has 1 atom stereocenters. The normalized spacial score (nSPS) is 15.0. The van der Waals surface area contributed by atoms with Gasteiger partial charge in [0.05, 0.1) is 49.6 Å². The molecule has 3 aromatic rings. The van der Waals surface area contributed by atoms with Crippen LogP contribution in [0.4, 0.5) is 5.69 Å². The van der Waals surface area contributed by atoms with Gasteiger partial charge in [0.2, 0.25) is 0 Å². The minimum atomic E-state index is -1.00. The van der Waals surface area contributed by atoms with Crippen LogP contribution in [0, 0.1) is 18.3 Å². The second kappa shape index (κ2) is 11.6. The number of nitrogens with two attached hydrogens (primary N) is 1. The number of nitrogens with zero attached hydrogens (tertiary/aromatic N) is 3. The molecule has 11 heteroatoms. The third-order valence-electron chi connectivity index (χ3n) is 6.36. The van der Waals surface area contributed by atoms with Gasteiger partial charge in [-0.1, -0.05) is 42.5 Å². The highest BCUT2D eigenvalue weighted by molar-refractivity contribution is 6.07. The maximum absolute atomic E-state index is 13.4. The third-order valence-corrected chi connectivity index (χ3v) is 6.36. The molecular formula is C29H27N5O6. The number of carbonyl (C=O) groups is 3. The molecule has 40 heavy (non-hydrogen) atoms. The van der Waals surface area contributed by atoms with Crippen LogP contribution in [0.5, 0.6) is 0 Å². The first kappa shape index (κ1) is 27.7. The number of H-pyrrole nitrogens is 1. The van der Waals surface area contributed by atoms with E-state index in [4.69, 9.17) is 19.9 Å². The number of methoxy groups -OCH3 is 2. The van der Waals surface area contributed by atoms with Crippen LogP contribution in [0.1, 0.15) is 34.6 Å². The Morgan fingerprint density at radius 1 is 1.02 bits per heavy atom. The molecule has 1 aliphatic rings. The number of allylic oxidation sites excluding steroid dienone is 1. The predicted molar refractivity (Wildman–Crippen MR) is 144 cm³/mol. The number of hydrogen-bond donors (Lipinski definition) is 2. The van der Waals surface area contributed by atoms with Gasteiger partial charge in [-0.15, -0.1) is 0 Å². The van der Waals surface area contributed by atoms with Crippen molar-refractivity contribution in [1.82, 2.24) is 9.97 Å². The van der Waals surface area contributed by atoms with Crippen molar-refractivity contribution in [3.63, 3.8) is 0 Å². The molecule has 204 valence electrons. The summed E-state index contributed by atoms with van der Waals surface area (Å²) in [6.07, 6.45) is 0. The van der Waals surface area contributed by atoms with Gasteiger partial charge in [-0.25, -0.2) is 19.4 Å². The number of hydrogen-bond acceptors (Lipinski definition) is 10. The van der Waals surface area contributed by atoms with E-state index >= 15 is 0 Å². The van der Waals surface area contributed by atoms with Gasteiger partial charge in [0.15, 0.2) is 5.69 Å². The molecule has 0 saturated heterocycles. The average Bonchev–Trinajstić information content (AvgIpc) is 3.37. The number of imidazole rings is 1. The van der Waals surface area contributed by atoms with Crippen molar-refractivity contribution in [3.05, 3.63) is 94.2 Å². The largest absolute Gasteiger partial charge is 0.466 e. The Balaban J connectivity index is 2.03. The van der Waals surface area contributed by atoms with Crippen LogP contribution in [0.15, 0.2) is 77.3 Å². The van der Waals surface area contributed by atoms with Crippen molar-refractivity contribution in [2.45, 2.75) is 19.8 Å². The highest BCUT2D eigenvalue weighted by Crippen LogP contribution is 2.45. The molecule has 0 saturated carbocycles. The third kappa shape index (κ3) is 4.78. The number of aromatic amines is 1. The van der Waals surface area contributed by atoms with Crippen molar-refractivity contribution in [3.8, 4) is 17.5 Å². The smallest absolute Gasteiger partial charge is 0.358 e. The standard InChI is InChI=1S/C29H27N5O6/c1-5-40-28(36)23-16(2)32-26(33-23)18-13-9-10-14-20(18)34-24(29(37)39-4)22(27(35)38-3)21(19(15-30)25(34)31)17-11-7-6-8-12-17/h6-14,21H,5,31H2,1-4H3,(H,32,33). The van der Waals surface area contributed by atoms with Crippen molar-refractivity contribution in [2.24, 2.45) is 5.73 Å². The van der Waals surface area contributed by atoms with Crippen LogP contribution in [0.2, 0.25) is 0 Å². The van der Waals surface area contributed by atoms with Crippen LogP contribution >= 0.6 is 0 Å². The molecule has 3 N–H and O–H groups in total. The van der Waals surface area contributed by atoms with Crippen LogP contribution in [0.3, 0.4) is 0 Å². The number of nitriles is 1. The molecule has 2 heterocycles. The van der Waals surface area contributed by atoms with Gasteiger partial charge < -0.3 is 24.9 Å². The van der Waals surface area contributed by atoms with Crippen molar-refractivity contribution >= 4 is 23.6 Å². The monoisotopic (exact) mass is 541 g/mol. The van der Waals surface area contributed by atoms with E-state index in [1.807, 2.05) is 0 Å². The number of aromatic nitrogens is 2. The summed E-state index contributed by atoms with van der Waals surface area (Å²) >= 11 is 0. The molecule has 1 aromatic heterocycles. The molecule has 2 aromatic carbocycles. The highest BCUT2D eigenvalue weighted by atomic mass is 16.5. The molecule has 0 fully saturated rings. The number of aryl methyl sites for hydroxylation is 1. The Labute approximate surface area is 230 Å².